The van der Waals surface area contributed by atoms with Gasteiger partial charge >= 0.3 is 0 Å². The van der Waals surface area contributed by atoms with Crippen LogP contribution in [0, 0.1) is 0 Å². The third-order valence-electron chi connectivity index (χ3n) is 3.37. The minimum atomic E-state index is 0.0392. The first-order valence-electron chi connectivity index (χ1n) is 6.47. The van der Waals surface area contributed by atoms with Crippen LogP contribution in [0.5, 0.6) is 0 Å². The number of carbonyl (C=O) groups is 1. The highest BCUT2D eigenvalue weighted by molar-refractivity contribution is 9.11. The first kappa shape index (κ1) is 14.4. The Morgan fingerprint density at radius 1 is 1.10 bits per heavy atom. The topological polar surface area (TPSA) is 67.1 Å². The minimum absolute atomic E-state index is 0.0392. The predicted molar refractivity (Wildman–Crippen MR) is 92.9 cm³/mol. The van der Waals surface area contributed by atoms with E-state index in [0.29, 0.717) is 12.1 Å². The molecule has 0 spiro atoms. The van der Waals surface area contributed by atoms with Gasteiger partial charge in [-0.3, -0.25) is 4.79 Å². The molecule has 21 heavy (non-hydrogen) atoms. The van der Waals surface area contributed by atoms with E-state index in [1.165, 1.54) is 0 Å². The minimum Gasteiger partial charge on any atom is -0.397 e. The summed E-state index contributed by atoms with van der Waals surface area (Å²) in [5, 5.41) is 6.18. The van der Waals surface area contributed by atoms with Crippen LogP contribution in [0.1, 0.15) is 12.0 Å². The van der Waals surface area contributed by atoms with Crippen molar-refractivity contribution in [1.82, 2.24) is 0 Å². The van der Waals surface area contributed by atoms with Gasteiger partial charge in [0.05, 0.1) is 17.1 Å². The molecule has 108 valence electrons. The molecule has 1 aliphatic rings. The van der Waals surface area contributed by atoms with Crippen molar-refractivity contribution in [3.8, 4) is 0 Å². The summed E-state index contributed by atoms with van der Waals surface area (Å²) in [4.78, 5) is 11.4. The lowest BCUT2D eigenvalue weighted by Crippen LogP contribution is -2.19. The second kappa shape index (κ2) is 5.69. The molecule has 0 unspecified atom stereocenters. The van der Waals surface area contributed by atoms with E-state index in [1.807, 2.05) is 24.3 Å². The van der Waals surface area contributed by atoms with E-state index in [4.69, 9.17) is 5.73 Å². The highest BCUT2D eigenvalue weighted by atomic mass is 79.9. The predicted octanol–water partition coefficient (Wildman–Crippen LogP) is 4.42. The van der Waals surface area contributed by atoms with Crippen LogP contribution in [0.3, 0.4) is 0 Å². The van der Waals surface area contributed by atoms with E-state index in [9.17, 15) is 4.79 Å². The van der Waals surface area contributed by atoms with Crippen molar-refractivity contribution < 1.29 is 4.79 Å². The number of amides is 1. The van der Waals surface area contributed by atoms with E-state index in [1.54, 1.807) is 6.07 Å². The molecule has 2 aromatic rings. The fourth-order valence-corrected chi connectivity index (χ4v) is 3.00. The van der Waals surface area contributed by atoms with Gasteiger partial charge < -0.3 is 16.4 Å². The number of nitrogens with two attached hydrogens (primary N) is 1. The Hall–Kier alpha value is -1.53. The lowest BCUT2D eigenvalue weighted by atomic mass is 10.0. The monoisotopic (exact) mass is 409 g/mol. The number of aryl methyl sites for hydroxylation is 1. The Labute approximate surface area is 139 Å². The Bertz CT molecular complexity index is 731. The molecule has 1 heterocycles. The van der Waals surface area contributed by atoms with Gasteiger partial charge in [0.1, 0.15) is 0 Å². The number of nitrogen functional groups attached to an aromatic ring is 1. The van der Waals surface area contributed by atoms with E-state index in [0.717, 1.165) is 38.0 Å². The molecular weight excluding hydrogens is 398 g/mol. The molecule has 0 saturated heterocycles. The van der Waals surface area contributed by atoms with Gasteiger partial charge in [0.25, 0.3) is 0 Å². The molecular formula is C15H13Br2N3O. The number of rotatable bonds is 2. The molecule has 0 atom stereocenters. The largest absolute Gasteiger partial charge is 0.397 e. The molecule has 0 aromatic heterocycles. The maximum atomic E-state index is 11.4. The summed E-state index contributed by atoms with van der Waals surface area (Å²) < 4.78 is 1.94. The van der Waals surface area contributed by atoms with Gasteiger partial charge in [-0.15, -0.1) is 0 Å². The number of nitrogens with one attached hydrogen (secondary N) is 2. The summed E-state index contributed by atoms with van der Waals surface area (Å²) >= 11 is 6.97. The van der Waals surface area contributed by atoms with Crippen molar-refractivity contribution in [2.75, 3.05) is 16.4 Å². The summed E-state index contributed by atoms with van der Waals surface area (Å²) in [5.74, 6) is 0.0392. The molecule has 2 aromatic carbocycles. The van der Waals surface area contributed by atoms with Gasteiger partial charge in [0, 0.05) is 21.1 Å². The summed E-state index contributed by atoms with van der Waals surface area (Å²) in [5.41, 5.74) is 10.4. The standard InChI is InChI=1S/C15H13Br2N3O/c16-9-2-3-10(17)13(6-9)19-14-5-8-1-4-15(21)20-12(8)7-11(14)18/h2-3,5-7,19H,1,4,18H2,(H,20,21). The van der Waals surface area contributed by atoms with E-state index < -0.39 is 0 Å². The third-order valence-corrected chi connectivity index (χ3v) is 4.55. The number of fused-ring (bicyclic) bond motifs is 1. The first-order valence-corrected chi connectivity index (χ1v) is 8.06. The quantitative estimate of drug-likeness (QED) is 0.642. The lowest BCUT2D eigenvalue weighted by Gasteiger charge is -2.20. The van der Waals surface area contributed by atoms with Crippen LogP contribution in [-0.2, 0) is 11.2 Å². The molecule has 0 aliphatic carbocycles. The molecule has 3 rings (SSSR count). The SMILES string of the molecule is Nc1cc2c(cc1Nc1cc(Br)ccc1Br)CCC(=O)N2. The smallest absolute Gasteiger partial charge is 0.224 e. The van der Waals surface area contributed by atoms with Crippen molar-refractivity contribution in [2.24, 2.45) is 0 Å². The summed E-state index contributed by atoms with van der Waals surface area (Å²) in [7, 11) is 0. The Kier molecular flexibility index (Phi) is 3.91. The number of anilines is 4. The summed E-state index contributed by atoms with van der Waals surface area (Å²) in [6.07, 6.45) is 1.24. The van der Waals surface area contributed by atoms with Crippen molar-refractivity contribution >= 4 is 60.5 Å². The molecule has 4 N–H and O–H groups in total. The molecule has 0 bridgehead atoms. The van der Waals surface area contributed by atoms with E-state index in [-0.39, 0.29) is 5.91 Å². The molecule has 0 radical (unpaired) electrons. The maximum Gasteiger partial charge on any atom is 0.224 e. The zero-order valence-corrected chi connectivity index (χ0v) is 14.2. The highest BCUT2D eigenvalue weighted by Crippen LogP contribution is 2.35. The van der Waals surface area contributed by atoms with Crippen molar-refractivity contribution in [3.05, 3.63) is 44.8 Å². The van der Waals surface area contributed by atoms with Crippen LogP contribution in [0.25, 0.3) is 0 Å². The van der Waals surface area contributed by atoms with Crippen molar-refractivity contribution in [1.29, 1.82) is 0 Å². The number of halogens is 2. The average Bonchev–Trinajstić information content (AvgIpc) is 2.44. The van der Waals surface area contributed by atoms with Crippen LogP contribution in [0.4, 0.5) is 22.7 Å². The van der Waals surface area contributed by atoms with Gasteiger partial charge in [-0.05, 0) is 58.2 Å². The normalized spacial score (nSPS) is 13.5. The molecule has 0 saturated carbocycles. The van der Waals surface area contributed by atoms with E-state index >= 15 is 0 Å². The second-order valence-electron chi connectivity index (χ2n) is 4.89. The molecule has 0 fully saturated rings. The van der Waals surface area contributed by atoms with Crippen molar-refractivity contribution in [3.63, 3.8) is 0 Å². The Morgan fingerprint density at radius 3 is 2.71 bits per heavy atom. The first-order chi connectivity index (χ1) is 10.0. The van der Waals surface area contributed by atoms with Crippen LogP contribution in [-0.4, -0.2) is 5.91 Å². The average molecular weight is 411 g/mol. The maximum absolute atomic E-state index is 11.4. The molecule has 1 amide bonds. The number of benzene rings is 2. The summed E-state index contributed by atoms with van der Waals surface area (Å²) in [6, 6.07) is 9.70. The second-order valence-corrected chi connectivity index (χ2v) is 6.66. The van der Waals surface area contributed by atoms with Crippen molar-refractivity contribution in [2.45, 2.75) is 12.8 Å². The van der Waals surface area contributed by atoms with Crippen LogP contribution in [0.15, 0.2) is 39.3 Å². The molecule has 1 aliphatic heterocycles. The fraction of sp³-hybridized carbons (Fsp3) is 0.133. The lowest BCUT2D eigenvalue weighted by molar-refractivity contribution is -0.116. The number of carbonyl (C=O) groups excluding carboxylic acids is 1. The number of hydrogen-bond acceptors (Lipinski definition) is 3. The van der Waals surface area contributed by atoms with E-state index in [2.05, 4.69) is 42.5 Å². The third kappa shape index (κ3) is 3.06. The molecule has 6 heteroatoms. The Morgan fingerprint density at radius 2 is 1.90 bits per heavy atom. The zero-order valence-electron chi connectivity index (χ0n) is 11.0. The zero-order chi connectivity index (χ0) is 15.0. The fourth-order valence-electron chi connectivity index (χ4n) is 2.29. The highest BCUT2D eigenvalue weighted by Gasteiger charge is 2.17. The van der Waals surface area contributed by atoms with Crippen LogP contribution >= 0.6 is 31.9 Å². The summed E-state index contributed by atoms with van der Waals surface area (Å²) in [6.45, 7) is 0. The van der Waals surface area contributed by atoms with Gasteiger partial charge in [-0.1, -0.05) is 15.9 Å². The Balaban J connectivity index is 1.96. The molecule has 4 nitrogen and oxygen atoms in total. The number of hydrogen-bond donors (Lipinski definition) is 3. The van der Waals surface area contributed by atoms with Gasteiger partial charge in [-0.2, -0.15) is 0 Å². The van der Waals surface area contributed by atoms with Crippen LogP contribution < -0.4 is 16.4 Å². The van der Waals surface area contributed by atoms with Crippen LogP contribution in [0.2, 0.25) is 0 Å². The van der Waals surface area contributed by atoms with Gasteiger partial charge in [0.15, 0.2) is 0 Å². The van der Waals surface area contributed by atoms with Gasteiger partial charge in [-0.25, -0.2) is 0 Å². The van der Waals surface area contributed by atoms with Gasteiger partial charge in [0.2, 0.25) is 5.91 Å².